The van der Waals surface area contributed by atoms with Crippen molar-refractivity contribution in [2.45, 2.75) is 38.8 Å². The second-order valence-corrected chi connectivity index (χ2v) is 4.28. The Kier molecular flexibility index (Phi) is 2.31. The van der Waals surface area contributed by atoms with Crippen molar-refractivity contribution in [3.8, 4) is 0 Å². The van der Waals surface area contributed by atoms with Crippen molar-refractivity contribution in [1.82, 2.24) is 29.8 Å². The first kappa shape index (κ1) is 10.2. The zero-order valence-electron chi connectivity index (χ0n) is 9.74. The lowest BCUT2D eigenvalue weighted by Crippen LogP contribution is -2.12. The predicted octanol–water partition coefficient (Wildman–Crippen LogP) is 0.397. The summed E-state index contributed by atoms with van der Waals surface area (Å²) in [5.74, 6) is 1.97. The average molecular weight is 233 g/mol. The minimum absolute atomic E-state index is 0.531. The van der Waals surface area contributed by atoms with E-state index >= 15 is 0 Å². The Balaban J connectivity index is 1.90. The highest BCUT2D eigenvalue weighted by molar-refractivity contribution is 5.38. The normalized spacial score (nSPS) is 15.4. The molecule has 2 N–H and O–H groups in total. The zero-order valence-corrected chi connectivity index (χ0v) is 9.74. The number of nitrogens with two attached hydrogens (primary N) is 1. The predicted molar refractivity (Wildman–Crippen MR) is 61.2 cm³/mol. The van der Waals surface area contributed by atoms with Gasteiger partial charge in [0.2, 0.25) is 0 Å². The van der Waals surface area contributed by atoms with E-state index < -0.39 is 0 Å². The van der Waals surface area contributed by atoms with Gasteiger partial charge < -0.3 is 5.73 Å². The summed E-state index contributed by atoms with van der Waals surface area (Å²) in [6.45, 7) is 3.43. The van der Waals surface area contributed by atoms with Gasteiger partial charge in [-0.15, -0.1) is 5.10 Å². The number of hydrogen-bond acceptors (Lipinski definition) is 5. The van der Waals surface area contributed by atoms with E-state index in [0.29, 0.717) is 18.3 Å². The van der Waals surface area contributed by atoms with E-state index in [2.05, 4.69) is 20.4 Å². The monoisotopic (exact) mass is 233 g/mol. The molecule has 90 valence electrons. The number of nitrogen functional groups attached to an aromatic ring is 1. The fourth-order valence-corrected chi connectivity index (χ4v) is 2.04. The van der Waals surface area contributed by atoms with E-state index in [0.717, 1.165) is 18.1 Å². The topological polar surface area (TPSA) is 87.4 Å². The minimum Gasteiger partial charge on any atom is -0.381 e. The second kappa shape index (κ2) is 3.83. The van der Waals surface area contributed by atoms with Crippen molar-refractivity contribution in [2.75, 3.05) is 5.73 Å². The number of anilines is 1. The van der Waals surface area contributed by atoms with Crippen LogP contribution in [0.15, 0.2) is 6.33 Å². The Morgan fingerprint density at radius 2 is 2.24 bits per heavy atom. The third-order valence-corrected chi connectivity index (χ3v) is 3.05. The van der Waals surface area contributed by atoms with Gasteiger partial charge in [-0.25, -0.2) is 14.3 Å². The zero-order chi connectivity index (χ0) is 11.8. The summed E-state index contributed by atoms with van der Waals surface area (Å²) in [7, 11) is 0. The molecule has 0 bridgehead atoms. The summed E-state index contributed by atoms with van der Waals surface area (Å²) in [6, 6.07) is 0. The molecule has 3 rings (SSSR count). The number of nitrogens with zero attached hydrogens (tertiary/aromatic N) is 6. The van der Waals surface area contributed by atoms with Gasteiger partial charge in [0.05, 0.1) is 5.69 Å². The summed E-state index contributed by atoms with van der Waals surface area (Å²) in [5.41, 5.74) is 6.90. The largest absolute Gasteiger partial charge is 0.381 e. The molecule has 0 spiro atoms. The molecular weight excluding hydrogens is 218 g/mol. The lowest BCUT2D eigenvalue weighted by Gasteiger charge is -2.06. The van der Waals surface area contributed by atoms with E-state index in [1.54, 1.807) is 6.33 Å². The van der Waals surface area contributed by atoms with Gasteiger partial charge in [-0.2, -0.15) is 5.10 Å². The standard InChI is InChI=1S/C10H15N7/c1-2-16-8(12-6-13-16)5-17-9(7-3-4-7)10(11)14-15-17/h6-7H,2-5,11H2,1H3. The van der Waals surface area contributed by atoms with Crippen LogP contribution in [0.4, 0.5) is 5.82 Å². The highest BCUT2D eigenvalue weighted by Crippen LogP contribution is 2.41. The molecule has 0 aromatic carbocycles. The van der Waals surface area contributed by atoms with E-state index in [1.165, 1.54) is 12.8 Å². The fourth-order valence-electron chi connectivity index (χ4n) is 2.04. The highest BCUT2D eigenvalue weighted by atomic mass is 15.5. The molecule has 1 aliphatic carbocycles. The first-order chi connectivity index (χ1) is 8.29. The maximum Gasteiger partial charge on any atom is 0.169 e. The first-order valence-electron chi connectivity index (χ1n) is 5.85. The van der Waals surface area contributed by atoms with Crippen LogP contribution in [0, 0.1) is 0 Å². The van der Waals surface area contributed by atoms with E-state index in [1.807, 2.05) is 16.3 Å². The molecule has 1 aliphatic rings. The molecule has 17 heavy (non-hydrogen) atoms. The van der Waals surface area contributed by atoms with E-state index in [9.17, 15) is 0 Å². The van der Waals surface area contributed by atoms with E-state index in [4.69, 9.17) is 5.73 Å². The average Bonchev–Trinajstić information content (AvgIpc) is 2.95. The van der Waals surface area contributed by atoms with Crippen LogP contribution in [-0.4, -0.2) is 29.8 Å². The molecule has 1 fully saturated rings. The summed E-state index contributed by atoms with van der Waals surface area (Å²) >= 11 is 0. The Labute approximate surface area is 98.6 Å². The van der Waals surface area contributed by atoms with Crippen molar-refractivity contribution in [2.24, 2.45) is 0 Å². The van der Waals surface area contributed by atoms with Crippen molar-refractivity contribution in [3.05, 3.63) is 17.8 Å². The van der Waals surface area contributed by atoms with Gasteiger partial charge in [0.25, 0.3) is 0 Å². The van der Waals surface area contributed by atoms with Crippen LogP contribution in [0.2, 0.25) is 0 Å². The van der Waals surface area contributed by atoms with Gasteiger partial charge in [0.1, 0.15) is 18.7 Å². The molecule has 0 aliphatic heterocycles. The van der Waals surface area contributed by atoms with Gasteiger partial charge >= 0.3 is 0 Å². The Bertz CT molecular complexity index is 522. The summed E-state index contributed by atoms with van der Waals surface area (Å²) in [4.78, 5) is 4.23. The molecule has 0 unspecified atom stereocenters. The molecule has 0 amide bonds. The Morgan fingerprint density at radius 3 is 2.94 bits per heavy atom. The van der Waals surface area contributed by atoms with Crippen LogP contribution in [0.1, 0.15) is 37.2 Å². The molecular formula is C10H15N7. The van der Waals surface area contributed by atoms with Crippen molar-refractivity contribution >= 4 is 5.82 Å². The van der Waals surface area contributed by atoms with Crippen LogP contribution in [-0.2, 0) is 13.1 Å². The van der Waals surface area contributed by atoms with Gasteiger partial charge in [-0.1, -0.05) is 5.21 Å². The number of aromatic nitrogens is 6. The fraction of sp³-hybridized carbons (Fsp3) is 0.600. The number of rotatable bonds is 4. The number of hydrogen-bond donors (Lipinski definition) is 1. The molecule has 7 nitrogen and oxygen atoms in total. The molecule has 0 radical (unpaired) electrons. The van der Waals surface area contributed by atoms with Crippen LogP contribution in [0.25, 0.3) is 0 Å². The Hall–Kier alpha value is -1.92. The van der Waals surface area contributed by atoms with Crippen molar-refractivity contribution < 1.29 is 0 Å². The maximum absolute atomic E-state index is 5.84. The SMILES string of the molecule is CCn1ncnc1Cn1nnc(N)c1C1CC1. The van der Waals surface area contributed by atoms with Crippen molar-refractivity contribution in [1.29, 1.82) is 0 Å². The summed E-state index contributed by atoms with van der Waals surface area (Å²) in [5, 5.41) is 12.2. The van der Waals surface area contributed by atoms with Crippen molar-refractivity contribution in [3.63, 3.8) is 0 Å². The summed E-state index contributed by atoms with van der Waals surface area (Å²) in [6.07, 6.45) is 3.92. The second-order valence-electron chi connectivity index (χ2n) is 4.28. The van der Waals surface area contributed by atoms with Crippen LogP contribution < -0.4 is 5.73 Å². The highest BCUT2D eigenvalue weighted by Gasteiger charge is 2.30. The number of aryl methyl sites for hydroxylation is 1. The minimum atomic E-state index is 0.531. The molecule has 0 atom stereocenters. The molecule has 7 heteroatoms. The van der Waals surface area contributed by atoms with Crippen LogP contribution in [0.5, 0.6) is 0 Å². The molecule has 2 aromatic rings. The first-order valence-corrected chi connectivity index (χ1v) is 5.85. The van der Waals surface area contributed by atoms with Gasteiger partial charge in [0.15, 0.2) is 5.82 Å². The smallest absolute Gasteiger partial charge is 0.169 e. The lowest BCUT2D eigenvalue weighted by molar-refractivity contribution is 0.544. The summed E-state index contributed by atoms with van der Waals surface area (Å²) < 4.78 is 3.71. The van der Waals surface area contributed by atoms with Crippen LogP contribution >= 0.6 is 0 Å². The molecule has 0 saturated heterocycles. The lowest BCUT2D eigenvalue weighted by atomic mass is 10.3. The third-order valence-electron chi connectivity index (χ3n) is 3.05. The maximum atomic E-state index is 5.84. The molecule has 1 saturated carbocycles. The van der Waals surface area contributed by atoms with Gasteiger partial charge in [-0.05, 0) is 19.8 Å². The molecule has 2 heterocycles. The third kappa shape index (κ3) is 1.77. The van der Waals surface area contributed by atoms with Gasteiger partial charge in [-0.3, -0.25) is 0 Å². The molecule has 2 aromatic heterocycles. The van der Waals surface area contributed by atoms with Gasteiger partial charge in [0, 0.05) is 12.5 Å². The Morgan fingerprint density at radius 1 is 1.41 bits per heavy atom. The van der Waals surface area contributed by atoms with E-state index in [-0.39, 0.29) is 0 Å². The quantitative estimate of drug-likeness (QED) is 0.825. The van der Waals surface area contributed by atoms with Crippen LogP contribution in [0.3, 0.4) is 0 Å².